The summed E-state index contributed by atoms with van der Waals surface area (Å²) in [5.74, 6) is -0.944. The molecule has 8 heteroatoms. The zero-order valence-electron chi connectivity index (χ0n) is 12.3. The number of likely N-dealkylation sites (N-methyl/N-ethyl adjacent to an activating group) is 1. The first-order chi connectivity index (χ1) is 10.4. The third-order valence-corrected chi connectivity index (χ3v) is 5.95. The fourth-order valence-corrected chi connectivity index (χ4v) is 4.27. The first-order valence-corrected chi connectivity index (χ1v) is 8.60. The van der Waals surface area contributed by atoms with Crippen molar-refractivity contribution in [3.63, 3.8) is 0 Å². The molecule has 0 atom stereocenters. The van der Waals surface area contributed by atoms with Crippen molar-refractivity contribution in [1.29, 1.82) is 0 Å². The van der Waals surface area contributed by atoms with Gasteiger partial charge in [-0.05, 0) is 12.1 Å². The summed E-state index contributed by atoms with van der Waals surface area (Å²) in [4.78, 5) is 27.5. The molecule has 0 aliphatic carbocycles. The topological polar surface area (TPSA) is 79.2 Å². The summed E-state index contributed by atoms with van der Waals surface area (Å²) in [6, 6.07) is 6.05. The molecule has 0 aromatic heterocycles. The maximum absolute atomic E-state index is 12.4. The second kappa shape index (κ2) is 5.36. The molecule has 0 bridgehead atoms. The van der Waals surface area contributed by atoms with E-state index in [0.29, 0.717) is 17.4 Å². The van der Waals surface area contributed by atoms with Crippen LogP contribution in [0.5, 0.6) is 0 Å². The summed E-state index contributed by atoms with van der Waals surface area (Å²) in [7, 11) is -1.86. The number of benzene rings is 1. The highest BCUT2D eigenvalue weighted by atomic mass is 32.2. The molecule has 22 heavy (non-hydrogen) atoms. The highest BCUT2D eigenvalue weighted by Gasteiger charge is 2.42. The van der Waals surface area contributed by atoms with Gasteiger partial charge in [-0.2, -0.15) is 0 Å². The Morgan fingerprint density at radius 3 is 2.50 bits per heavy atom. The molecule has 118 valence electrons. The predicted octanol–water partition coefficient (Wildman–Crippen LogP) is -1.81. The lowest BCUT2D eigenvalue weighted by atomic mass is 10.2. The number of hydrogen-bond donors (Lipinski definition) is 1. The number of sulfonamides is 1. The molecule has 0 unspecified atom stereocenters. The molecule has 1 fully saturated rings. The molecule has 0 saturated carbocycles. The molecule has 1 aromatic rings. The minimum absolute atomic E-state index is 0.0179. The van der Waals surface area contributed by atoms with E-state index in [9.17, 15) is 18.0 Å². The van der Waals surface area contributed by atoms with Gasteiger partial charge in [0, 0.05) is 0 Å². The number of hydrogen-bond acceptors (Lipinski definition) is 4. The van der Waals surface area contributed by atoms with Crippen LogP contribution in [-0.4, -0.2) is 69.2 Å². The van der Waals surface area contributed by atoms with Gasteiger partial charge in [0.1, 0.15) is 11.4 Å². The molecule has 3 rings (SSSR count). The maximum atomic E-state index is 12.4. The van der Waals surface area contributed by atoms with Gasteiger partial charge in [-0.3, -0.25) is 9.59 Å². The minimum Gasteiger partial charge on any atom is -0.334 e. The van der Waals surface area contributed by atoms with E-state index in [-0.39, 0.29) is 16.4 Å². The maximum Gasteiger partial charge on any atom is 0.269 e. The Kier molecular flexibility index (Phi) is 3.65. The molecule has 2 heterocycles. The second-order valence-corrected chi connectivity index (χ2v) is 7.48. The summed E-state index contributed by atoms with van der Waals surface area (Å²) in [6.45, 7) is 2.40. The average Bonchev–Trinajstić information content (AvgIpc) is 2.69. The fourth-order valence-electron chi connectivity index (χ4n) is 2.75. The predicted molar refractivity (Wildman–Crippen MR) is 77.9 cm³/mol. The van der Waals surface area contributed by atoms with Gasteiger partial charge in [-0.15, -0.1) is 0 Å². The molecular formula is C14H18N3O4S+. The summed E-state index contributed by atoms with van der Waals surface area (Å²) >= 11 is 0. The number of nitrogens with one attached hydrogen (secondary N) is 1. The standard InChI is InChI=1S/C14H17N3O4S/c1-15-6-8-16(9-7-15)13(18)10-17-14(19)11-4-2-3-5-12(11)22(17,20)21/h2-5H,6-10H2,1H3/p+1. The molecule has 1 saturated heterocycles. The number of fused-ring (bicyclic) bond motifs is 1. The van der Waals surface area contributed by atoms with E-state index in [1.165, 1.54) is 17.0 Å². The molecule has 0 spiro atoms. The van der Waals surface area contributed by atoms with Crippen molar-refractivity contribution in [3.05, 3.63) is 29.8 Å². The van der Waals surface area contributed by atoms with Crippen LogP contribution in [0.1, 0.15) is 10.4 Å². The van der Waals surface area contributed by atoms with Crippen molar-refractivity contribution in [2.75, 3.05) is 39.8 Å². The summed E-state index contributed by atoms with van der Waals surface area (Å²) < 4.78 is 25.5. The van der Waals surface area contributed by atoms with Crippen molar-refractivity contribution in [2.24, 2.45) is 0 Å². The highest BCUT2D eigenvalue weighted by molar-refractivity contribution is 7.90. The van der Waals surface area contributed by atoms with Crippen LogP contribution in [0.4, 0.5) is 0 Å². The van der Waals surface area contributed by atoms with Crippen LogP contribution < -0.4 is 4.90 Å². The second-order valence-electron chi connectivity index (χ2n) is 5.65. The smallest absolute Gasteiger partial charge is 0.269 e. The first kappa shape index (κ1) is 15.0. The van der Waals surface area contributed by atoms with Gasteiger partial charge in [0.05, 0.1) is 38.8 Å². The number of rotatable bonds is 2. The molecule has 0 radical (unpaired) electrons. The number of carbonyl (C=O) groups is 2. The van der Waals surface area contributed by atoms with Crippen molar-refractivity contribution in [1.82, 2.24) is 9.21 Å². The molecule has 1 N–H and O–H groups in total. The Bertz CT molecular complexity index is 723. The van der Waals surface area contributed by atoms with Crippen molar-refractivity contribution >= 4 is 21.8 Å². The zero-order valence-corrected chi connectivity index (χ0v) is 13.1. The lowest BCUT2D eigenvalue weighted by Crippen LogP contribution is -3.12. The van der Waals surface area contributed by atoms with E-state index in [2.05, 4.69) is 0 Å². The van der Waals surface area contributed by atoms with E-state index >= 15 is 0 Å². The zero-order chi connectivity index (χ0) is 15.9. The number of carbonyl (C=O) groups excluding carboxylic acids is 2. The van der Waals surface area contributed by atoms with Gasteiger partial charge < -0.3 is 9.80 Å². The fraction of sp³-hybridized carbons (Fsp3) is 0.429. The summed E-state index contributed by atoms with van der Waals surface area (Å²) in [5, 5.41) is 0. The van der Waals surface area contributed by atoms with Crippen LogP contribution in [0.15, 0.2) is 29.2 Å². The van der Waals surface area contributed by atoms with Crippen molar-refractivity contribution in [3.8, 4) is 0 Å². The Balaban J connectivity index is 1.79. The number of nitrogens with zero attached hydrogens (tertiary/aromatic N) is 2. The van der Waals surface area contributed by atoms with Crippen LogP contribution in [0, 0.1) is 0 Å². The quantitative estimate of drug-likeness (QED) is 0.695. The molecule has 7 nitrogen and oxygen atoms in total. The van der Waals surface area contributed by atoms with Gasteiger partial charge >= 0.3 is 0 Å². The van der Waals surface area contributed by atoms with Gasteiger partial charge in [0.15, 0.2) is 0 Å². The van der Waals surface area contributed by atoms with Crippen LogP contribution in [0.2, 0.25) is 0 Å². The lowest BCUT2D eigenvalue weighted by molar-refractivity contribution is -0.883. The minimum atomic E-state index is -3.91. The first-order valence-electron chi connectivity index (χ1n) is 7.16. The number of piperazine rings is 1. The van der Waals surface area contributed by atoms with Crippen molar-refractivity contribution in [2.45, 2.75) is 4.90 Å². The van der Waals surface area contributed by atoms with E-state index in [0.717, 1.165) is 13.1 Å². The molecule has 2 aliphatic heterocycles. The van der Waals surface area contributed by atoms with E-state index in [1.807, 2.05) is 7.05 Å². The Labute approximate surface area is 129 Å². The van der Waals surface area contributed by atoms with Gasteiger partial charge in [0.2, 0.25) is 5.91 Å². The van der Waals surface area contributed by atoms with Gasteiger partial charge in [-0.1, -0.05) is 12.1 Å². The SMILES string of the molecule is C[NH+]1CCN(C(=O)CN2C(=O)c3ccccc3S2(=O)=O)CC1. The Hall–Kier alpha value is -1.93. The van der Waals surface area contributed by atoms with Crippen LogP contribution in [0.3, 0.4) is 0 Å². The highest BCUT2D eigenvalue weighted by Crippen LogP contribution is 2.29. The summed E-state index contributed by atoms with van der Waals surface area (Å²) in [5.41, 5.74) is 0.137. The molecular weight excluding hydrogens is 306 g/mol. The average molecular weight is 324 g/mol. The number of amides is 2. The molecule has 2 amide bonds. The molecule has 1 aromatic carbocycles. The van der Waals surface area contributed by atoms with Gasteiger partial charge in [0.25, 0.3) is 15.9 Å². The van der Waals surface area contributed by atoms with Crippen LogP contribution >= 0.6 is 0 Å². The van der Waals surface area contributed by atoms with Crippen molar-refractivity contribution < 1.29 is 22.9 Å². The summed E-state index contributed by atoms with van der Waals surface area (Å²) in [6.07, 6.45) is 0. The normalized spacial score (nSPS) is 21.0. The van der Waals surface area contributed by atoms with Crippen LogP contribution in [-0.2, 0) is 14.8 Å². The lowest BCUT2D eigenvalue weighted by Gasteiger charge is -2.31. The Morgan fingerprint density at radius 1 is 1.23 bits per heavy atom. The number of quaternary nitrogens is 1. The third kappa shape index (κ3) is 2.38. The van der Waals surface area contributed by atoms with E-state index in [4.69, 9.17) is 0 Å². The van der Waals surface area contributed by atoms with Crippen LogP contribution in [0.25, 0.3) is 0 Å². The van der Waals surface area contributed by atoms with E-state index in [1.54, 1.807) is 17.0 Å². The largest absolute Gasteiger partial charge is 0.334 e. The molecule has 2 aliphatic rings. The third-order valence-electron chi connectivity index (χ3n) is 4.16. The Morgan fingerprint density at radius 2 is 1.86 bits per heavy atom. The van der Waals surface area contributed by atoms with Gasteiger partial charge in [-0.25, -0.2) is 12.7 Å². The van der Waals surface area contributed by atoms with E-state index < -0.39 is 22.5 Å². The monoisotopic (exact) mass is 324 g/mol.